The number of hydrogen-bond donors (Lipinski definition) is 1. The van der Waals surface area contributed by atoms with E-state index in [1.54, 1.807) is 13.2 Å². The summed E-state index contributed by atoms with van der Waals surface area (Å²) >= 11 is 13.7. The van der Waals surface area contributed by atoms with Crippen LogP contribution in [-0.2, 0) is 0 Å². The molecule has 1 heterocycles. The van der Waals surface area contributed by atoms with Crippen molar-refractivity contribution in [3.8, 4) is 17.0 Å². The first-order valence-electron chi connectivity index (χ1n) is 6.48. The number of hydrogen-bond acceptors (Lipinski definition) is 4. The second-order valence-electron chi connectivity index (χ2n) is 4.49. The van der Waals surface area contributed by atoms with Crippen LogP contribution in [0.3, 0.4) is 0 Å². The number of nitrogens with zero attached hydrogens (tertiary/aromatic N) is 1. The minimum Gasteiger partial charge on any atom is -0.497 e. The van der Waals surface area contributed by atoms with Gasteiger partial charge in [-0.25, -0.2) is 4.98 Å². The Hall–Kier alpha value is -1.75. The van der Waals surface area contributed by atoms with Crippen LogP contribution in [-0.4, -0.2) is 12.1 Å². The average molecular weight is 351 g/mol. The van der Waals surface area contributed by atoms with Crippen LogP contribution in [0.25, 0.3) is 11.3 Å². The molecule has 1 aromatic heterocycles. The fourth-order valence-electron chi connectivity index (χ4n) is 1.94. The summed E-state index contributed by atoms with van der Waals surface area (Å²) in [7, 11) is 1.65. The van der Waals surface area contributed by atoms with E-state index in [-0.39, 0.29) is 0 Å². The molecule has 22 heavy (non-hydrogen) atoms. The first-order valence-corrected chi connectivity index (χ1v) is 8.12. The zero-order chi connectivity index (χ0) is 15.5. The number of benzene rings is 2. The van der Waals surface area contributed by atoms with E-state index in [0.29, 0.717) is 10.0 Å². The predicted molar refractivity (Wildman–Crippen MR) is 93.8 cm³/mol. The number of anilines is 2. The second kappa shape index (κ2) is 6.57. The molecule has 0 aliphatic carbocycles. The van der Waals surface area contributed by atoms with Crippen molar-refractivity contribution in [2.45, 2.75) is 0 Å². The Balaban J connectivity index is 1.82. The summed E-state index contributed by atoms with van der Waals surface area (Å²) in [6.45, 7) is 0. The molecule has 0 aliphatic rings. The summed E-state index contributed by atoms with van der Waals surface area (Å²) in [5.41, 5.74) is 2.67. The van der Waals surface area contributed by atoms with Gasteiger partial charge in [-0.2, -0.15) is 0 Å². The van der Waals surface area contributed by atoms with Gasteiger partial charge < -0.3 is 10.1 Å². The van der Waals surface area contributed by atoms with E-state index in [0.717, 1.165) is 27.8 Å². The van der Waals surface area contributed by atoms with Crippen molar-refractivity contribution in [1.29, 1.82) is 0 Å². The van der Waals surface area contributed by atoms with Crippen LogP contribution >= 0.6 is 34.5 Å². The van der Waals surface area contributed by atoms with Crippen molar-refractivity contribution in [2.75, 3.05) is 12.4 Å². The number of thiazole rings is 1. The van der Waals surface area contributed by atoms with Crippen molar-refractivity contribution in [3.63, 3.8) is 0 Å². The van der Waals surface area contributed by atoms with E-state index in [9.17, 15) is 0 Å². The summed E-state index contributed by atoms with van der Waals surface area (Å²) in [5.74, 6) is 0.822. The van der Waals surface area contributed by atoms with Crippen LogP contribution < -0.4 is 10.1 Å². The lowest BCUT2D eigenvalue weighted by Crippen LogP contribution is -1.91. The summed E-state index contributed by atoms with van der Waals surface area (Å²) in [6.07, 6.45) is 0. The fourth-order valence-corrected chi connectivity index (χ4v) is 3.02. The van der Waals surface area contributed by atoms with Gasteiger partial charge in [-0.1, -0.05) is 29.3 Å². The molecule has 0 atom stereocenters. The van der Waals surface area contributed by atoms with Crippen molar-refractivity contribution in [2.24, 2.45) is 0 Å². The zero-order valence-corrected chi connectivity index (χ0v) is 14.0. The predicted octanol–water partition coefficient (Wildman–Crippen LogP) is 5.87. The van der Waals surface area contributed by atoms with E-state index in [2.05, 4.69) is 10.3 Å². The second-order valence-corrected chi connectivity index (χ2v) is 6.14. The van der Waals surface area contributed by atoms with Crippen LogP contribution in [0.2, 0.25) is 10.0 Å². The van der Waals surface area contributed by atoms with Crippen LogP contribution in [0.15, 0.2) is 47.8 Å². The molecular weight excluding hydrogens is 339 g/mol. The maximum Gasteiger partial charge on any atom is 0.187 e. The molecule has 0 saturated heterocycles. The van der Waals surface area contributed by atoms with Gasteiger partial charge in [0.05, 0.1) is 28.5 Å². The van der Waals surface area contributed by atoms with Gasteiger partial charge in [0.1, 0.15) is 5.75 Å². The third-order valence-corrected chi connectivity index (χ3v) is 4.66. The Morgan fingerprint density at radius 2 is 1.86 bits per heavy atom. The van der Waals surface area contributed by atoms with E-state index in [1.807, 2.05) is 41.8 Å². The van der Waals surface area contributed by atoms with Crippen molar-refractivity contribution in [1.82, 2.24) is 4.98 Å². The molecule has 3 rings (SSSR count). The third kappa shape index (κ3) is 3.19. The van der Waals surface area contributed by atoms with Crippen molar-refractivity contribution in [3.05, 3.63) is 57.9 Å². The number of methoxy groups -OCH3 is 1. The third-order valence-electron chi connectivity index (χ3n) is 3.08. The van der Waals surface area contributed by atoms with Gasteiger partial charge in [0.25, 0.3) is 0 Å². The molecule has 112 valence electrons. The highest BCUT2D eigenvalue weighted by Crippen LogP contribution is 2.34. The maximum absolute atomic E-state index is 6.17. The molecule has 3 nitrogen and oxygen atoms in total. The summed E-state index contributed by atoms with van der Waals surface area (Å²) in [5, 5.41) is 6.94. The van der Waals surface area contributed by atoms with Crippen LogP contribution in [0.4, 0.5) is 10.8 Å². The maximum atomic E-state index is 6.17. The minimum atomic E-state index is 0.491. The molecule has 0 fully saturated rings. The Morgan fingerprint density at radius 1 is 1.09 bits per heavy atom. The normalized spacial score (nSPS) is 10.5. The van der Waals surface area contributed by atoms with Gasteiger partial charge in [-0.05, 0) is 36.4 Å². The monoisotopic (exact) mass is 350 g/mol. The first kappa shape index (κ1) is 15.2. The molecule has 6 heteroatoms. The molecule has 0 aliphatic heterocycles. The van der Waals surface area contributed by atoms with Crippen LogP contribution in [0, 0.1) is 0 Å². The van der Waals surface area contributed by atoms with Gasteiger partial charge in [0.2, 0.25) is 0 Å². The number of rotatable bonds is 4. The molecule has 0 spiro atoms. The lowest BCUT2D eigenvalue weighted by Gasteiger charge is -2.06. The quantitative estimate of drug-likeness (QED) is 0.638. The molecule has 0 bridgehead atoms. The zero-order valence-electron chi connectivity index (χ0n) is 11.6. The van der Waals surface area contributed by atoms with Crippen LogP contribution in [0.5, 0.6) is 5.75 Å². The summed E-state index contributed by atoms with van der Waals surface area (Å²) < 4.78 is 5.16. The van der Waals surface area contributed by atoms with E-state index < -0.39 is 0 Å². The Kier molecular flexibility index (Phi) is 4.52. The highest BCUT2D eigenvalue weighted by Gasteiger charge is 2.08. The number of aromatic nitrogens is 1. The molecule has 0 radical (unpaired) electrons. The highest BCUT2D eigenvalue weighted by molar-refractivity contribution is 7.14. The van der Waals surface area contributed by atoms with Crippen molar-refractivity contribution < 1.29 is 4.74 Å². The van der Waals surface area contributed by atoms with Gasteiger partial charge in [0.15, 0.2) is 5.13 Å². The Labute approximate surface area is 142 Å². The smallest absolute Gasteiger partial charge is 0.187 e. The molecule has 0 saturated carbocycles. The van der Waals surface area contributed by atoms with Gasteiger partial charge in [0, 0.05) is 10.9 Å². The lowest BCUT2D eigenvalue weighted by molar-refractivity contribution is 0.415. The molecule has 0 amide bonds. The fraction of sp³-hybridized carbons (Fsp3) is 0.0625. The largest absolute Gasteiger partial charge is 0.497 e. The summed E-state index contributed by atoms with van der Waals surface area (Å²) in [6, 6.07) is 13.2. The lowest BCUT2D eigenvalue weighted by atomic mass is 10.2. The molecule has 3 aromatic rings. The Morgan fingerprint density at radius 3 is 2.59 bits per heavy atom. The summed E-state index contributed by atoms with van der Waals surface area (Å²) in [4.78, 5) is 4.57. The van der Waals surface area contributed by atoms with Crippen LogP contribution in [0.1, 0.15) is 0 Å². The van der Waals surface area contributed by atoms with E-state index >= 15 is 0 Å². The minimum absolute atomic E-state index is 0.491. The SMILES string of the molecule is COc1ccc(-c2csc(Nc3cccc(Cl)c3Cl)n2)cc1. The first-order chi connectivity index (χ1) is 10.7. The van der Waals surface area contributed by atoms with Crippen molar-refractivity contribution >= 4 is 45.4 Å². The van der Waals surface area contributed by atoms with Gasteiger partial charge in [-0.3, -0.25) is 0 Å². The average Bonchev–Trinajstić information content (AvgIpc) is 3.00. The number of ether oxygens (including phenoxy) is 1. The van der Waals surface area contributed by atoms with E-state index in [1.165, 1.54) is 11.3 Å². The van der Waals surface area contributed by atoms with Gasteiger partial charge in [-0.15, -0.1) is 11.3 Å². The molecule has 0 unspecified atom stereocenters. The highest BCUT2D eigenvalue weighted by atomic mass is 35.5. The Bertz CT molecular complexity index is 787. The number of nitrogens with one attached hydrogen (secondary N) is 1. The van der Waals surface area contributed by atoms with Gasteiger partial charge >= 0.3 is 0 Å². The molecular formula is C16H12Cl2N2OS. The number of halogens is 2. The topological polar surface area (TPSA) is 34.1 Å². The standard InChI is InChI=1S/C16H12Cl2N2OS/c1-21-11-7-5-10(6-8-11)14-9-22-16(20-14)19-13-4-2-3-12(17)15(13)18/h2-9H,1H3,(H,19,20). The molecule has 1 N–H and O–H groups in total. The molecule has 2 aromatic carbocycles. The van der Waals surface area contributed by atoms with E-state index in [4.69, 9.17) is 27.9 Å².